The first kappa shape index (κ1) is 20.5. The van der Waals surface area contributed by atoms with Crippen molar-refractivity contribution in [1.82, 2.24) is 19.8 Å². The lowest BCUT2D eigenvalue weighted by Gasteiger charge is -2.31. The molecule has 2 aromatic heterocycles. The normalized spacial score (nSPS) is 21.0. The van der Waals surface area contributed by atoms with Gasteiger partial charge in [-0.15, -0.1) is 11.3 Å². The third-order valence-electron chi connectivity index (χ3n) is 6.77. The number of nitrogens with zero attached hydrogens (tertiary/aromatic N) is 4. The molecule has 6 nitrogen and oxygen atoms in total. The van der Waals surface area contributed by atoms with Crippen LogP contribution in [0, 0.1) is 6.92 Å². The molecule has 1 atom stereocenters. The number of fused-ring (bicyclic) bond motifs is 1. The van der Waals surface area contributed by atoms with Crippen molar-refractivity contribution in [1.29, 1.82) is 0 Å². The van der Waals surface area contributed by atoms with Crippen molar-refractivity contribution < 1.29 is 4.79 Å². The Kier molecular flexibility index (Phi) is 6.35. The minimum absolute atomic E-state index is 0.135. The van der Waals surface area contributed by atoms with Gasteiger partial charge in [0.2, 0.25) is 0 Å². The maximum absolute atomic E-state index is 13.3. The van der Waals surface area contributed by atoms with Gasteiger partial charge in [0, 0.05) is 25.7 Å². The van der Waals surface area contributed by atoms with Crippen molar-refractivity contribution >= 4 is 33.3 Å². The third-order valence-corrected chi connectivity index (χ3v) is 7.96. The molecule has 3 heterocycles. The average molecular weight is 416 g/mol. The van der Waals surface area contributed by atoms with Crippen molar-refractivity contribution in [3.05, 3.63) is 16.8 Å². The summed E-state index contributed by atoms with van der Waals surface area (Å²) in [5, 5.41) is 4.58. The minimum atomic E-state index is 0.135. The molecule has 1 saturated carbocycles. The molecule has 7 heteroatoms. The lowest BCUT2D eigenvalue weighted by molar-refractivity contribution is 0.0700. The first-order chi connectivity index (χ1) is 14.1. The topological polar surface area (TPSA) is 61.4 Å². The highest BCUT2D eigenvalue weighted by Crippen LogP contribution is 2.35. The molecule has 1 amide bonds. The maximum Gasteiger partial charge on any atom is 0.264 e. The van der Waals surface area contributed by atoms with Crippen molar-refractivity contribution in [2.24, 2.45) is 0 Å². The fraction of sp³-hybridized carbons (Fsp3) is 0.682. The number of carbonyl (C=O) groups is 1. The molecule has 0 spiro atoms. The maximum atomic E-state index is 13.3. The van der Waals surface area contributed by atoms with E-state index in [4.69, 9.17) is 0 Å². The van der Waals surface area contributed by atoms with Gasteiger partial charge < -0.3 is 10.2 Å². The van der Waals surface area contributed by atoms with Gasteiger partial charge in [-0.05, 0) is 51.3 Å². The van der Waals surface area contributed by atoms with E-state index < -0.39 is 0 Å². The van der Waals surface area contributed by atoms with Crippen LogP contribution >= 0.6 is 11.3 Å². The van der Waals surface area contributed by atoms with E-state index in [-0.39, 0.29) is 5.91 Å². The number of aryl methyl sites for hydroxylation is 1. The Morgan fingerprint density at radius 3 is 2.79 bits per heavy atom. The van der Waals surface area contributed by atoms with Crippen LogP contribution in [0.25, 0.3) is 10.2 Å². The van der Waals surface area contributed by atoms with Crippen LogP contribution in [0.2, 0.25) is 0 Å². The van der Waals surface area contributed by atoms with Gasteiger partial charge in [-0.2, -0.15) is 0 Å². The summed E-state index contributed by atoms with van der Waals surface area (Å²) >= 11 is 1.51. The Balaban J connectivity index is 1.55. The summed E-state index contributed by atoms with van der Waals surface area (Å²) in [5.74, 6) is 1.00. The summed E-state index contributed by atoms with van der Waals surface area (Å²) in [6.07, 6.45) is 10.1. The molecule has 1 N–H and O–H groups in total. The van der Waals surface area contributed by atoms with Crippen LogP contribution in [-0.2, 0) is 0 Å². The lowest BCUT2D eigenvalue weighted by atomic mass is 9.94. The Labute approximate surface area is 177 Å². The van der Waals surface area contributed by atoms with Gasteiger partial charge in [0.05, 0.1) is 10.3 Å². The first-order valence-corrected chi connectivity index (χ1v) is 11.9. The molecular weight excluding hydrogens is 382 g/mol. The molecule has 29 heavy (non-hydrogen) atoms. The van der Waals surface area contributed by atoms with E-state index in [9.17, 15) is 4.79 Å². The SMILES string of the molecule is CCN1CCCC1CNc1ncnc2sc(C(=O)N(C)C3CCCCC3)c(C)c12. The largest absolute Gasteiger partial charge is 0.368 e. The van der Waals surface area contributed by atoms with E-state index in [0.29, 0.717) is 12.1 Å². The van der Waals surface area contributed by atoms with E-state index in [1.807, 2.05) is 18.9 Å². The molecule has 2 fully saturated rings. The van der Waals surface area contributed by atoms with Gasteiger partial charge >= 0.3 is 0 Å². The van der Waals surface area contributed by atoms with Crippen LogP contribution in [0.3, 0.4) is 0 Å². The van der Waals surface area contributed by atoms with Crippen LogP contribution in [0.1, 0.15) is 67.1 Å². The Hall–Kier alpha value is -1.73. The second-order valence-electron chi connectivity index (χ2n) is 8.47. The van der Waals surface area contributed by atoms with Crippen LogP contribution < -0.4 is 5.32 Å². The third kappa shape index (κ3) is 4.12. The number of hydrogen-bond acceptors (Lipinski definition) is 6. The number of likely N-dealkylation sites (tertiary alicyclic amines) is 1. The van der Waals surface area contributed by atoms with Gasteiger partial charge in [-0.1, -0.05) is 26.2 Å². The van der Waals surface area contributed by atoms with E-state index in [1.165, 1.54) is 50.0 Å². The van der Waals surface area contributed by atoms with E-state index in [1.54, 1.807) is 6.33 Å². The quantitative estimate of drug-likeness (QED) is 0.762. The van der Waals surface area contributed by atoms with Crippen LogP contribution in [0.4, 0.5) is 5.82 Å². The van der Waals surface area contributed by atoms with E-state index in [2.05, 4.69) is 27.1 Å². The van der Waals surface area contributed by atoms with E-state index in [0.717, 1.165) is 52.4 Å². The molecule has 0 bridgehead atoms. The number of anilines is 1. The summed E-state index contributed by atoms with van der Waals surface area (Å²) in [7, 11) is 1.96. The summed E-state index contributed by atoms with van der Waals surface area (Å²) in [6.45, 7) is 7.44. The number of amides is 1. The number of hydrogen-bond donors (Lipinski definition) is 1. The minimum Gasteiger partial charge on any atom is -0.368 e. The average Bonchev–Trinajstić information content (AvgIpc) is 3.36. The number of nitrogens with one attached hydrogen (secondary N) is 1. The Morgan fingerprint density at radius 1 is 1.24 bits per heavy atom. The molecule has 4 rings (SSSR count). The molecule has 158 valence electrons. The Bertz CT molecular complexity index is 860. The second kappa shape index (κ2) is 8.96. The number of carbonyl (C=O) groups excluding carboxylic acids is 1. The predicted octanol–water partition coefficient (Wildman–Crippen LogP) is 4.30. The fourth-order valence-electron chi connectivity index (χ4n) is 4.96. The zero-order valence-electron chi connectivity index (χ0n) is 17.9. The molecule has 2 aromatic rings. The summed E-state index contributed by atoms with van der Waals surface area (Å²) in [4.78, 5) is 28.5. The van der Waals surface area contributed by atoms with Crippen molar-refractivity contribution in [2.45, 2.75) is 70.9 Å². The summed E-state index contributed by atoms with van der Waals surface area (Å²) in [5.41, 5.74) is 1.01. The molecular formula is C22H33N5OS. The van der Waals surface area contributed by atoms with Gasteiger partial charge in [-0.3, -0.25) is 9.69 Å². The zero-order valence-corrected chi connectivity index (χ0v) is 18.7. The van der Waals surface area contributed by atoms with Crippen molar-refractivity contribution in [2.75, 3.05) is 32.0 Å². The van der Waals surface area contributed by atoms with E-state index >= 15 is 0 Å². The second-order valence-corrected chi connectivity index (χ2v) is 9.47. The molecule has 2 aliphatic rings. The van der Waals surface area contributed by atoms with Gasteiger partial charge in [0.25, 0.3) is 5.91 Å². The fourth-order valence-corrected chi connectivity index (χ4v) is 6.09. The molecule has 0 radical (unpaired) electrons. The number of thiophene rings is 1. The standard InChI is InChI=1S/C22H33N5OS/c1-4-27-12-8-11-17(27)13-23-20-18-15(2)19(29-21(18)25-14-24-20)22(28)26(3)16-9-6-5-7-10-16/h14,16-17H,4-13H2,1-3H3,(H,23,24,25). The van der Waals surface area contributed by atoms with Crippen molar-refractivity contribution in [3.8, 4) is 0 Å². The highest BCUT2D eigenvalue weighted by molar-refractivity contribution is 7.20. The van der Waals surface area contributed by atoms with Crippen LogP contribution in [0.5, 0.6) is 0 Å². The van der Waals surface area contributed by atoms with Crippen LogP contribution in [-0.4, -0.2) is 64.4 Å². The van der Waals surface area contributed by atoms with Crippen molar-refractivity contribution in [3.63, 3.8) is 0 Å². The van der Waals surface area contributed by atoms with Gasteiger partial charge in [-0.25, -0.2) is 9.97 Å². The first-order valence-electron chi connectivity index (χ1n) is 11.1. The highest BCUT2D eigenvalue weighted by Gasteiger charge is 2.28. The Morgan fingerprint density at radius 2 is 2.03 bits per heavy atom. The summed E-state index contributed by atoms with van der Waals surface area (Å²) < 4.78 is 0. The summed E-state index contributed by atoms with van der Waals surface area (Å²) in [6, 6.07) is 0.925. The molecule has 1 unspecified atom stereocenters. The monoisotopic (exact) mass is 415 g/mol. The molecule has 1 aliphatic carbocycles. The smallest absolute Gasteiger partial charge is 0.264 e. The number of likely N-dealkylation sites (N-methyl/N-ethyl adjacent to an activating group) is 1. The van der Waals surface area contributed by atoms with Gasteiger partial charge in [0.15, 0.2) is 0 Å². The molecule has 1 saturated heterocycles. The zero-order chi connectivity index (χ0) is 20.4. The molecule has 0 aromatic carbocycles. The number of aromatic nitrogens is 2. The highest BCUT2D eigenvalue weighted by atomic mass is 32.1. The van der Waals surface area contributed by atoms with Crippen LogP contribution in [0.15, 0.2) is 6.33 Å². The van der Waals surface area contributed by atoms with Gasteiger partial charge in [0.1, 0.15) is 17.0 Å². The lowest BCUT2D eigenvalue weighted by Crippen LogP contribution is -2.38. The molecule has 1 aliphatic heterocycles. The number of rotatable bonds is 6. The predicted molar refractivity (Wildman–Crippen MR) is 120 cm³/mol.